The molecular weight excluding hydrogens is 1190 g/mol. The fraction of sp³-hybridized carbons (Fsp3) is 0.607. The fourth-order valence-electron chi connectivity index (χ4n) is 14.9. The number of fused-ring (bicyclic) bond motifs is 6. The van der Waals surface area contributed by atoms with Gasteiger partial charge in [-0.15, -0.1) is 0 Å². The lowest BCUT2D eigenvalue weighted by molar-refractivity contribution is -0.123. The number of phosphoric ester groups is 1. The fourth-order valence-corrected chi connectivity index (χ4v) is 16.0. The van der Waals surface area contributed by atoms with Gasteiger partial charge < -0.3 is 68.9 Å². The second-order valence-corrected chi connectivity index (χ2v) is 27.6. The number of carbonyl (C=O) groups excluding carboxylic acids is 7. The first kappa shape index (κ1) is 68.6. The Morgan fingerprint density at radius 2 is 1.37 bits per heavy atom. The summed E-state index contributed by atoms with van der Waals surface area (Å²) in [5.74, 6) is -7.03. The third-order valence-electron chi connectivity index (χ3n) is 19.8. The van der Waals surface area contributed by atoms with Gasteiger partial charge in [0, 0.05) is 126 Å². The first-order valence-electron chi connectivity index (χ1n) is 30.1. The van der Waals surface area contributed by atoms with Crippen LogP contribution in [0.15, 0.2) is 78.8 Å². The van der Waals surface area contributed by atoms with Crippen LogP contribution in [0.25, 0.3) is 11.0 Å². The highest BCUT2D eigenvalue weighted by Crippen LogP contribution is 2.62. The Morgan fingerprint density at radius 3 is 1.96 bits per heavy atom. The average Bonchev–Trinajstić information content (AvgIpc) is 1.53. The minimum absolute atomic E-state index is 0.0387. The predicted octanol–water partition coefficient (Wildman–Crippen LogP) is 3.04. The number of carbonyl (C=O) groups is 7. The van der Waals surface area contributed by atoms with Crippen LogP contribution < -0.4 is 44.5 Å². The number of aliphatic hydroxyl groups excluding tert-OH is 2. The van der Waals surface area contributed by atoms with Gasteiger partial charge in [0.2, 0.25) is 41.4 Å². The molecule has 14 atom stereocenters. The van der Waals surface area contributed by atoms with Crippen LogP contribution in [-0.2, 0) is 51.9 Å². The van der Waals surface area contributed by atoms with Crippen molar-refractivity contribution in [2.24, 2.45) is 99.7 Å². The molecule has 8 bridgehead atoms. The molecule has 16 N–H and O–H groups in total. The maximum absolute atomic E-state index is 14.3. The van der Waals surface area contributed by atoms with Gasteiger partial charge in [-0.25, -0.2) is 9.55 Å². The van der Waals surface area contributed by atoms with Crippen molar-refractivity contribution in [3.8, 4) is 5.75 Å². The summed E-state index contributed by atoms with van der Waals surface area (Å²) in [5.41, 5.74) is 34.6. The number of hydrogen-bond donors (Lipinski definition) is 10. The van der Waals surface area contributed by atoms with Crippen molar-refractivity contribution >= 4 is 83.1 Å². The summed E-state index contributed by atoms with van der Waals surface area (Å²) in [6.45, 7) is 15.1. The van der Waals surface area contributed by atoms with E-state index < -0.39 is 137 Å². The monoisotopic (exact) mass is 1270 g/mol. The molecule has 1 aromatic heterocycles. The first-order chi connectivity index (χ1) is 42.0. The molecule has 0 radical (unpaired) electrons. The number of nitrogens with one attached hydrogen (secondary N) is 1. The third-order valence-corrected chi connectivity index (χ3v) is 20.9. The number of nitrogens with zero attached hydrogens (tertiary/aromatic N) is 6. The van der Waals surface area contributed by atoms with E-state index in [9.17, 15) is 53.2 Å². The van der Waals surface area contributed by atoms with E-state index in [2.05, 4.69) is 10.3 Å². The van der Waals surface area contributed by atoms with Crippen LogP contribution in [0.3, 0.4) is 0 Å². The lowest BCUT2D eigenvalue weighted by atomic mass is 9.56. The Kier molecular flexibility index (Phi) is 19.6. The molecule has 0 aliphatic carbocycles. The highest BCUT2D eigenvalue weighted by molar-refractivity contribution is 7.47. The summed E-state index contributed by atoms with van der Waals surface area (Å²) in [6.07, 6.45) is -4.84. The van der Waals surface area contributed by atoms with E-state index in [1.165, 1.54) is 24.9 Å². The summed E-state index contributed by atoms with van der Waals surface area (Å²) in [5, 5.41) is 24.5. The van der Waals surface area contributed by atoms with E-state index in [-0.39, 0.29) is 77.2 Å². The number of aliphatic imine (C=N–C) groups is 4. The predicted molar refractivity (Wildman–Crippen MR) is 331 cm³/mol. The van der Waals surface area contributed by atoms with Gasteiger partial charge in [0.25, 0.3) is 0 Å². The zero-order chi connectivity index (χ0) is 66.5. The Morgan fingerprint density at radius 1 is 0.767 bits per heavy atom. The molecule has 28 nitrogen and oxygen atoms in total. The number of aliphatic hydroxyl groups is 2. The Labute approximate surface area is 521 Å². The van der Waals surface area contributed by atoms with Crippen molar-refractivity contribution in [1.29, 1.82) is 0 Å². The van der Waals surface area contributed by atoms with Gasteiger partial charge in [-0.05, 0) is 82.7 Å². The molecule has 90 heavy (non-hydrogen) atoms. The maximum atomic E-state index is 14.3. The van der Waals surface area contributed by atoms with Crippen LogP contribution in [0, 0.1) is 45.3 Å². The van der Waals surface area contributed by atoms with Gasteiger partial charge in [-0.3, -0.25) is 62.6 Å². The quantitative estimate of drug-likeness (QED) is 0.0575. The van der Waals surface area contributed by atoms with Crippen LogP contribution in [0.1, 0.15) is 139 Å². The second-order valence-electron chi connectivity index (χ2n) is 26.2. The topological polar surface area (TPSA) is 470 Å². The molecule has 2 aromatic rings. The van der Waals surface area contributed by atoms with Gasteiger partial charge in [-0.2, -0.15) is 0 Å². The molecule has 8 rings (SSSR count). The van der Waals surface area contributed by atoms with E-state index in [0.717, 1.165) is 0 Å². The van der Waals surface area contributed by atoms with Crippen molar-refractivity contribution in [3.05, 3.63) is 58.8 Å². The van der Waals surface area contributed by atoms with Crippen LogP contribution in [0.4, 0.5) is 0 Å². The number of phosphoric acid groups is 1. The van der Waals surface area contributed by atoms with Crippen molar-refractivity contribution in [2.45, 2.75) is 169 Å². The standard InChI is InChI=1S/C61H86N13O15P/c1-29(88-90(84,85)89-52-40(27-75)87-56(51(52)83)74-28-69-38-21-32(86-10)11-15-39(38)74)26-68-48(82)19-20-58(6)36(22-45(65)79)55-61(9)60(8,25-47(67)81)35(14-18-44(64)78)50(73-61)31(3)54-59(7,24-46(66)80)33(12-16-42(62)76)37(70-54)23-41-57(4,5)34(13-17-43(63)77)49(71-41)30(2)53(58)72-55/h11,15,21,23,28-29,33-36,40,51-52,56,75,83H,12-14,16-20,22,24-27H2,1-10H3,(H2,62,76)(H2,63,77)(H2,64,78)(H2,65,79)(H2,66,80)(H2,67,81)(H,68,82)(H,84,85)/b41-23-,53-30-,54-31-. The van der Waals surface area contributed by atoms with Gasteiger partial charge in [0.15, 0.2) is 6.23 Å². The lowest BCUT2D eigenvalue weighted by Gasteiger charge is -2.45. The highest BCUT2D eigenvalue weighted by Gasteiger charge is 2.65. The van der Waals surface area contributed by atoms with Crippen molar-refractivity contribution in [2.75, 3.05) is 20.3 Å². The number of imidazole rings is 1. The maximum Gasteiger partial charge on any atom is 0.472 e. The summed E-state index contributed by atoms with van der Waals surface area (Å²) in [6, 6.07) is 5.03. The molecule has 7 heterocycles. The normalized spacial score (nSPS) is 33.4. The molecule has 14 unspecified atom stereocenters. The van der Waals surface area contributed by atoms with Gasteiger partial charge >= 0.3 is 7.82 Å². The smallest absolute Gasteiger partial charge is 0.472 e. The number of amides is 7. The molecule has 0 spiro atoms. The Bertz CT molecular complexity index is 3570. The third kappa shape index (κ3) is 13.0. The zero-order valence-electron chi connectivity index (χ0n) is 52.6. The summed E-state index contributed by atoms with van der Waals surface area (Å²) < 4.78 is 37.4. The number of aromatic nitrogens is 2. The number of hydrogen-bond acceptors (Lipinski definition) is 19. The summed E-state index contributed by atoms with van der Waals surface area (Å²) in [4.78, 5) is 131. The van der Waals surface area contributed by atoms with Crippen molar-refractivity contribution in [1.82, 2.24) is 14.9 Å². The molecule has 490 valence electrons. The van der Waals surface area contributed by atoms with Crippen LogP contribution in [0.2, 0.25) is 0 Å². The van der Waals surface area contributed by atoms with Gasteiger partial charge in [0.1, 0.15) is 29.6 Å². The molecule has 1 aromatic carbocycles. The second kappa shape index (κ2) is 25.7. The molecular formula is C61H86N13O15P. The van der Waals surface area contributed by atoms with E-state index >= 15 is 0 Å². The Balaban J connectivity index is 1.20. The molecule has 1 saturated heterocycles. The SMILES string of the molecule is COc1ccc2c(c1)ncn2C1OC(CO)C(OP(=O)(O)OC(C)CNC(=O)CCC2(C)/C3=C(\C)C4=N/C(=C\C5=NC(=C(/C)C6=NC(C)(C(=N3)C2CC(N)=O)C(C)(CC(N)=O)C6CCC(N)=O)/C(C)(CC(N)=O)C5CCC(N)=O)C(C)(C)C4CCC(N)=O)C1O. The highest BCUT2D eigenvalue weighted by atomic mass is 31.2. The van der Waals surface area contributed by atoms with Gasteiger partial charge in [0.05, 0.1) is 54.3 Å². The summed E-state index contributed by atoms with van der Waals surface area (Å²) >= 11 is 0. The number of nitrogens with two attached hydrogens (primary N) is 6. The number of rotatable bonds is 27. The molecule has 7 amide bonds. The number of methoxy groups -OCH3 is 1. The largest absolute Gasteiger partial charge is 0.497 e. The molecule has 6 aliphatic rings. The van der Waals surface area contributed by atoms with E-state index in [0.29, 0.717) is 67.9 Å². The van der Waals surface area contributed by atoms with Crippen molar-refractivity contribution < 1.29 is 71.8 Å². The van der Waals surface area contributed by atoms with E-state index in [1.807, 2.05) is 33.8 Å². The number of primary amides is 6. The molecule has 6 aliphatic heterocycles. The number of allylic oxidation sites excluding steroid dienone is 6. The number of benzene rings is 1. The lowest BCUT2D eigenvalue weighted by Crippen LogP contribution is -2.54. The molecule has 0 saturated carbocycles. The number of ether oxygens (including phenoxy) is 2. The van der Waals surface area contributed by atoms with Crippen LogP contribution in [-0.4, -0.2) is 139 Å². The average molecular weight is 1270 g/mol. The summed E-state index contributed by atoms with van der Waals surface area (Å²) in [7, 11) is -3.59. The van der Waals surface area contributed by atoms with Crippen LogP contribution in [0.5, 0.6) is 5.75 Å². The molecule has 29 heteroatoms. The van der Waals surface area contributed by atoms with E-state index in [4.69, 9.17) is 72.9 Å². The first-order valence-corrected chi connectivity index (χ1v) is 31.6. The minimum Gasteiger partial charge on any atom is -0.497 e. The van der Waals surface area contributed by atoms with E-state index in [1.54, 1.807) is 45.9 Å². The van der Waals surface area contributed by atoms with Crippen molar-refractivity contribution in [3.63, 3.8) is 0 Å². The molecule has 1 fully saturated rings. The van der Waals surface area contributed by atoms with Crippen LogP contribution >= 0.6 is 7.82 Å². The zero-order valence-corrected chi connectivity index (χ0v) is 53.5. The van der Waals surface area contributed by atoms with Gasteiger partial charge in [-0.1, -0.05) is 34.6 Å². The Hall–Kier alpha value is -7.33. The minimum atomic E-state index is -5.08.